The minimum atomic E-state index is -0.195. The molecule has 3 nitrogen and oxygen atoms in total. The molecule has 23 heavy (non-hydrogen) atoms. The quantitative estimate of drug-likeness (QED) is 0.702. The van der Waals surface area contributed by atoms with E-state index in [4.69, 9.17) is 9.15 Å². The van der Waals surface area contributed by atoms with Gasteiger partial charge in [-0.3, -0.25) is 4.79 Å². The molecule has 3 heteroatoms. The summed E-state index contributed by atoms with van der Waals surface area (Å²) >= 11 is 0. The van der Waals surface area contributed by atoms with Crippen molar-refractivity contribution in [3.8, 4) is 5.75 Å². The minimum absolute atomic E-state index is 0.195. The number of hydrogen-bond donors (Lipinski definition) is 0. The Balaban J connectivity index is 1.68. The number of ether oxygens (including phenoxy) is 1. The Morgan fingerprint density at radius 1 is 0.913 bits per heavy atom. The third kappa shape index (κ3) is 4.20. The van der Waals surface area contributed by atoms with Crippen molar-refractivity contribution in [2.45, 2.75) is 6.61 Å². The highest BCUT2D eigenvalue weighted by atomic mass is 16.5. The maximum Gasteiger partial charge on any atom is 0.227 e. The van der Waals surface area contributed by atoms with Gasteiger partial charge in [0.2, 0.25) is 11.2 Å². The highest BCUT2D eigenvalue weighted by molar-refractivity contribution is 5.67. The first kappa shape index (κ1) is 14.9. The average Bonchev–Trinajstić information content (AvgIpc) is 2.61. The lowest BCUT2D eigenvalue weighted by Crippen LogP contribution is -2.07. The van der Waals surface area contributed by atoms with Gasteiger partial charge in [0, 0.05) is 6.07 Å². The molecule has 0 saturated carbocycles. The Morgan fingerprint density at radius 2 is 1.61 bits per heavy atom. The van der Waals surface area contributed by atoms with Gasteiger partial charge < -0.3 is 9.15 Å². The van der Waals surface area contributed by atoms with Crippen molar-refractivity contribution in [2.24, 2.45) is 0 Å². The van der Waals surface area contributed by atoms with Crippen molar-refractivity contribution < 1.29 is 9.15 Å². The lowest BCUT2D eigenvalue weighted by atomic mass is 10.2. The van der Waals surface area contributed by atoms with Crippen molar-refractivity contribution in [1.29, 1.82) is 0 Å². The Morgan fingerprint density at radius 3 is 2.30 bits per heavy atom. The fourth-order valence-corrected chi connectivity index (χ4v) is 2.08. The van der Waals surface area contributed by atoms with Crippen LogP contribution in [0.2, 0.25) is 0 Å². The first-order valence-corrected chi connectivity index (χ1v) is 7.34. The van der Waals surface area contributed by atoms with Crippen LogP contribution in [0.25, 0.3) is 12.2 Å². The van der Waals surface area contributed by atoms with Crippen LogP contribution in [0, 0.1) is 0 Å². The molecule has 3 aromatic rings. The molecule has 0 spiro atoms. The molecular formula is C20H16O3. The summed E-state index contributed by atoms with van der Waals surface area (Å²) < 4.78 is 10.9. The Kier molecular flexibility index (Phi) is 4.69. The summed E-state index contributed by atoms with van der Waals surface area (Å²) in [4.78, 5) is 12.1. The number of rotatable bonds is 5. The molecule has 0 N–H and O–H groups in total. The van der Waals surface area contributed by atoms with Crippen LogP contribution in [0.4, 0.5) is 0 Å². The van der Waals surface area contributed by atoms with Crippen LogP contribution >= 0.6 is 0 Å². The summed E-state index contributed by atoms with van der Waals surface area (Å²) in [6, 6.07) is 20.9. The normalized spacial score (nSPS) is 10.8. The van der Waals surface area contributed by atoms with Gasteiger partial charge in [0.05, 0.1) is 0 Å². The molecule has 0 bridgehead atoms. The fourth-order valence-electron chi connectivity index (χ4n) is 2.08. The number of hydrogen-bond acceptors (Lipinski definition) is 3. The molecule has 0 unspecified atom stereocenters. The molecule has 114 valence electrons. The van der Waals surface area contributed by atoms with Gasteiger partial charge in [0.1, 0.15) is 18.6 Å². The number of benzene rings is 2. The summed E-state index contributed by atoms with van der Waals surface area (Å²) in [5.74, 6) is 0.705. The third-order valence-corrected chi connectivity index (χ3v) is 3.30. The maximum atomic E-state index is 12.1. The van der Waals surface area contributed by atoms with E-state index in [1.54, 1.807) is 6.08 Å². The van der Waals surface area contributed by atoms with Crippen molar-refractivity contribution in [3.05, 3.63) is 100 Å². The van der Waals surface area contributed by atoms with E-state index in [0.717, 1.165) is 11.1 Å². The van der Waals surface area contributed by atoms with Crippen LogP contribution in [0.1, 0.15) is 16.9 Å². The molecule has 0 aliphatic rings. The molecule has 0 saturated heterocycles. The molecule has 3 rings (SSSR count). The van der Waals surface area contributed by atoms with E-state index in [-0.39, 0.29) is 11.2 Å². The fraction of sp³-hybridized carbons (Fsp3) is 0.0500. The lowest BCUT2D eigenvalue weighted by Gasteiger charge is -2.05. The summed E-state index contributed by atoms with van der Waals surface area (Å²) in [7, 11) is 0. The van der Waals surface area contributed by atoms with E-state index >= 15 is 0 Å². The molecular weight excluding hydrogens is 288 g/mol. The van der Waals surface area contributed by atoms with E-state index < -0.39 is 0 Å². The molecule has 1 aromatic heterocycles. The van der Waals surface area contributed by atoms with Gasteiger partial charge in [-0.2, -0.15) is 0 Å². The van der Waals surface area contributed by atoms with Crippen molar-refractivity contribution in [3.63, 3.8) is 0 Å². The van der Waals surface area contributed by atoms with Gasteiger partial charge in [-0.1, -0.05) is 66.7 Å². The van der Waals surface area contributed by atoms with Gasteiger partial charge in [-0.15, -0.1) is 0 Å². The zero-order chi connectivity index (χ0) is 15.9. The van der Waals surface area contributed by atoms with E-state index in [1.807, 2.05) is 66.7 Å². The van der Waals surface area contributed by atoms with Gasteiger partial charge in [0.15, 0.2) is 0 Å². The van der Waals surface area contributed by atoms with Crippen LogP contribution < -0.4 is 10.2 Å². The average molecular weight is 304 g/mol. The topological polar surface area (TPSA) is 39.4 Å². The van der Waals surface area contributed by atoms with Gasteiger partial charge in [-0.05, 0) is 17.2 Å². The summed E-state index contributed by atoms with van der Waals surface area (Å²) in [5.41, 5.74) is 1.85. The standard InChI is InChI=1S/C20H16O3/c21-19-13-18(12-11-16-7-3-1-4-8-16)22-15-20(19)23-14-17-9-5-2-6-10-17/h1-13,15H,14H2/b12-11+. The maximum absolute atomic E-state index is 12.1. The molecule has 0 aliphatic heterocycles. The second-order valence-corrected chi connectivity index (χ2v) is 5.03. The monoisotopic (exact) mass is 304 g/mol. The highest BCUT2D eigenvalue weighted by Crippen LogP contribution is 2.11. The molecule has 1 heterocycles. The van der Waals surface area contributed by atoms with Crippen molar-refractivity contribution in [2.75, 3.05) is 0 Å². The third-order valence-electron chi connectivity index (χ3n) is 3.30. The highest BCUT2D eigenvalue weighted by Gasteiger charge is 2.03. The molecule has 2 aromatic carbocycles. The van der Waals surface area contributed by atoms with E-state index in [1.165, 1.54) is 12.3 Å². The van der Waals surface area contributed by atoms with Crippen LogP contribution in [0.5, 0.6) is 5.75 Å². The molecule has 0 radical (unpaired) electrons. The van der Waals surface area contributed by atoms with Gasteiger partial charge in [-0.25, -0.2) is 0 Å². The van der Waals surface area contributed by atoms with E-state index in [9.17, 15) is 4.79 Å². The minimum Gasteiger partial charge on any atom is -0.482 e. The molecule has 0 amide bonds. The van der Waals surface area contributed by atoms with Crippen LogP contribution in [0.15, 0.2) is 82.2 Å². The SMILES string of the molecule is O=c1cc(/C=C/c2ccccc2)occ1OCc1ccccc1. The molecule has 0 atom stereocenters. The van der Waals surface area contributed by atoms with E-state index in [2.05, 4.69) is 0 Å². The van der Waals surface area contributed by atoms with Gasteiger partial charge >= 0.3 is 0 Å². The second kappa shape index (κ2) is 7.27. The summed E-state index contributed by atoms with van der Waals surface area (Å²) in [5, 5.41) is 0. The lowest BCUT2D eigenvalue weighted by molar-refractivity contribution is 0.291. The summed E-state index contributed by atoms with van der Waals surface area (Å²) in [6.07, 6.45) is 5.01. The largest absolute Gasteiger partial charge is 0.482 e. The van der Waals surface area contributed by atoms with Crippen LogP contribution in [0.3, 0.4) is 0 Å². The van der Waals surface area contributed by atoms with Crippen LogP contribution in [-0.4, -0.2) is 0 Å². The second-order valence-electron chi connectivity index (χ2n) is 5.03. The van der Waals surface area contributed by atoms with Crippen molar-refractivity contribution in [1.82, 2.24) is 0 Å². The summed E-state index contributed by atoms with van der Waals surface area (Å²) in [6.45, 7) is 0.338. The smallest absolute Gasteiger partial charge is 0.227 e. The first-order valence-electron chi connectivity index (χ1n) is 7.34. The van der Waals surface area contributed by atoms with Gasteiger partial charge in [0.25, 0.3) is 0 Å². The Labute approximate surface area is 134 Å². The Hall–Kier alpha value is -3.07. The van der Waals surface area contributed by atoms with E-state index in [0.29, 0.717) is 12.4 Å². The predicted molar refractivity (Wildman–Crippen MR) is 91.1 cm³/mol. The Bertz CT molecular complexity index is 834. The van der Waals surface area contributed by atoms with Crippen LogP contribution in [-0.2, 0) is 6.61 Å². The molecule has 0 aliphatic carbocycles. The first-order chi connectivity index (χ1) is 11.3. The molecule has 0 fully saturated rings. The predicted octanol–water partition coefficient (Wildman–Crippen LogP) is 4.39. The zero-order valence-electron chi connectivity index (χ0n) is 12.5. The van der Waals surface area contributed by atoms with Crippen molar-refractivity contribution >= 4 is 12.2 Å². The zero-order valence-corrected chi connectivity index (χ0v) is 12.5.